The van der Waals surface area contributed by atoms with Gasteiger partial charge in [0.2, 0.25) is 0 Å². The molecule has 2 aromatic rings. The fourth-order valence-corrected chi connectivity index (χ4v) is 2.29. The zero-order valence-corrected chi connectivity index (χ0v) is 9.07. The molecule has 0 atom stereocenters. The number of hydrogen-bond donors (Lipinski definition) is 3. The van der Waals surface area contributed by atoms with Crippen LogP contribution in [0.25, 0.3) is 11.1 Å². The van der Waals surface area contributed by atoms with Gasteiger partial charge in [0.25, 0.3) is 0 Å². The van der Waals surface area contributed by atoms with Gasteiger partial charge in [-0.1, -0.05) is 12.1 Å². The van der Waals surface area contributed by atoms with E-state index in [2.05, 4.69) is 0 Å². The molecule has 3 rings (SSSR count). The second kappa shape index (κ2) is 3.35. The molecule has 3 heteroatoms. The van der Waals surface area contributed by atoms with Gasteiger partial charge in [-0.05, 0) is 41.0 Å². The van der Waals surface area contributed by atoms with Gasteiger partial charge >= 0.3 is 0 Å². The van der Waals surface area contributed by atoms with Gasteiger partial charge in [-0.2, -0.15) is 0 Å². The number of fused-ring (bicyclic) bond motifs is 3. The Labute approximate surface area is 98.5 Å². The fraction of sp³-hybridized carbons (Fsp3) is 0.0714. The van der Waals surface area contributed by atoms with E-state index in [1.54, 1.807) is 24.3 Å². The molecule has 0 bridgehead atoms. The van der Waals surface area contributed by atoms with Gasteiger partial charge in [-0.3, -0.25) is 0 Å². The highest BCUT2D eigenvalue weighted by molar-refractivity contribution is 6.09. The normalized spacial score (nSPS) is 13.1. The lowest BCUT2D eigenvalue weighted by atomic mass is 9.84. The Hall–Kier alpha value is -2.29. The van der Waals surface area contributed by atoms with Gasteiger partial charge in [0.05, 0.1) is 0 Å². The second-order valence-corrected chi connectivity index (χ2v) is 4.23. The van der Waals surface area contributed by atoms with E-state index in [1.165, 1.54) is 0 Å². The molecule has 1 aliphatic carbocycles. The first-order chi connectivity index (χ1) is 8.15. The van der Waals surface area contributed by atoms with Crippen LogP contribution in [0.15, 0.2) is 36.4 Å². The maximum absolute atomic E-state index is 9.46. The summed E-state index contributed by atoms with van der Waals surface area (Å²) in [6.45, 7) is 0. The van der Waals surface area contributed by atoms with E-state index in [9.17, 15) is 10.2 Å². The zero-order valence-electron chi connectivity index (χ0n) is 9.07. The van der Waals surface area contributed by atoms with Gasteiger partial charge in [0.1, 0.15) is 11.5 Å². The number of phenols is 2. The monoisotopic (exact) mass is 225 g/mol. The van der Waals surface area contributed by atoms with Crippen molar-refractivity contribution in [3.8, 4) is 22.6 Å². The summed E-state index contributed by atoms with van der Waals surface area (Å²) in [5.74, 6) is 0.398. The quantitative estimate of drug-likeness (QED) is 0.645. The number of aromatic hydroxyl groups is 2. The summed E-state index contributed by atoms with van der Waals surface area (Å²) in [5.41, 5.74) is 4.15. The minimum atomic E-state index is 0.177. The van der Waals surface area contributed by atoms with Crippen molar-refractivity contribution in [3.63, 3.8) is 0 Å². The molecule has 0 aromatic heterocycles. The molecule has 0 amide bonds. The molecule has 0 aliphatic heterocycles. The van der Waals surface area contributed by atoms with Crippen molar-refractivity contribution in [2.75, 3.05) is 0 Å². The first-order valence-electron chi connectivity index (χ1n) is 5.38. The summed E-state index contributed by atoms with van der Waals surface area (Å²) in [4.78, 5) is 0. The van der Waals surface area contributed by atoms with Crippen LogP contribution < -0.4 is 0 Å². The highest BCUT2D eigenvalue weighted by Crippen LogP contribution is 2.36. The molecular formula is C14H11NO2. The van der Waals surface area contributed by atoms with Crippen molar-refractivity contribution in [1.82, 2.24) is 0 Å². The third-order valence-electron chi connectivity index (χ3n) is 3.07. The summed E-state index contributed by atoms with van der Waals surface area (Å²) in [6, 6.07) is 10.2. The van der Waals surface area contributed by atoms with E-state index < -0.39 is 0 Å². The fourth-order valence-electron chi connectivity index (χ4n) is 2.29. The van der Waals surface area contributed by atoms with Crippen LogP contribution >= 0.6 is 0 Å². The smallest absolute Gasteiger partial charge is 0.116 e. The maximum atomic E-state index is 9.46. The molecule has 0 unspecified atom stereocenters. The number of rotatable bonds is 0. The molecule has 0 saturated heterocycles. The van der Waals surface area contributed by atoms with E-state index in [1.807, 2.05) is 12.1 Å². The summed E-state index contributed by atoms with van der Waals surface area (Å²) < 4.78 is 0. The van der Waals surface area contributed by atoms with Crippen LogP contribution in [0.3, 0.4) is 0 Å². The van der Waals surface area contributed by atoms with Crippen molar-refractivity contribution >= 4 is 5.71 Å². The summed E-state index contributed by atoms with van der Waals surface area (Å²) in [6.07, 6.45) is 0.486. The van der Waals surface area contributed by atoms with Crippen LogP contribution in [0.5, 0.6) is 11.5 Å². The molecule has 1 aliphatic rings. The summed E-state index contributed by atoms with van der Waals surface area (Å²) in [5, 5.41) is 26.9. The summed E-state index contributed by atoms with van der Waals surface area (Å²) >= 11 is 0. The molecule has 17 heavy (non-hydrogen) atoms. The molecule has 0 spiro atoms. The van der Waals surface area contributed by atoms with Crippen LogP contribution in [0.2, 0.25) is 0 Å². The Balaban J connectivity index is 2.30. The topological polar surface area (TPSA) is 64.3 Å². The van der Waals surface area contributed by atoms with Crippen molar-refractivity contribution < 1.29 is 10.2 Å². The van der Waals surface area contributed by atoms with Crippen LogP contribution in [0.1, 0.15) is 11.1 Å². The van der Waals surface area contributed by atoms with Gasteiger partial charge in [-0.15, -0.1) is 0 Å². The highest BCUT2D eigenvalue weighted by Gasteiger charge is 2.20. The Morgan fingerprint density at radius 3 is 2.24 bits per heavy atom. The third-order valence-corrected chi connectivity index (χ3v) is 3.07. The lowest BCUT2D eigenvalue weighted by Gasteiger charge is -2.20. The minimum absolute atomic E-state index is 0.177. The minimum Gasteiger partial charge on any atom is -0.508 e. The van der Waals surface area contributed by atoms with Crippen LogP contribution in [-0.2, 0) is 6.42 Å². The number of nitrogens with one attached hydrogen (secondary N) is 1. The largest absolute Gasteiger partial charge is 0.508 e. The van der Waals surface area contributed by atoms with E-state index >= 15 is 0 Å². The van der Waals surface area contributed by atoms with Crippen LogP contribution in [0.4, 0.5) is 0 Å². The lowest BCUT2D eigenvalue weighted by molar-refractivity contribution is 0.474. The molecule has 3 nitrogen and oxygen atoms in total. The van der Waals surface area contributed by atoms with Gasteiger partial charge in [0.15, 0.2) is 0 Å². The molecule has 0 fully saturated rings. The number of benzene rings is 2. The molecule has 0 radical (unpaired) electrons. The second-order valence-electron chi connectivity index (χ2n) is 4.23. The molecular weight excluding hydrogens is 214 g/mol. The van der Waals surface area contributed by atoms with Crippen molar-refractivity contribution in [2.24, 2.45) is 0 Å². The zero-order chi connectivity index (χ0) is 12.0. The first kappa shape index (κ1) is 9.90. The number of hydrogen-bond acceptors (Lipinski definition) is 3. The third kappa shape index (κ3) is 1.47. The highest BCUT2D eigenvalue weighted by atomic mass is 16.3. The van der Waals surface area contributed by atoms with E-state index in [-0.39, 0.29) is 11.5 Å². The Kier molecular flexibility index (Phi) is 1.95. The van der Waals surface area contributed by atoms with E-state index in [0.717, 1.165) is 22.3 Å². The summed E-state index contributed by atoms with van der Waals surface area (Å²) in [7, 11) is 0. The van der Waals surface area contributed by atoms with Crippen LogP contribution in [0, 0.1) is 5.41 Å². The standard InChI is InChI=1S/C14H11NO2/c15-14-6-8-5-9(16)1-3-11(8)12-4-2-10(17)7-13(12)14/h1-5,7,15-17H,6H2. The Bertz CT molecular complexity index is 632. The molecule has 3 N–H and O–H groups in total. The predicted octanol–water partition coefficient (Wildman–Crippen LogP) is 2.69. The first-order valence-corrected chi connectivity index (χ1v) is 5.38. The van der Waals surface area contributed by atoms with Crippen molar-refractivity contribution in [3.05, 3.63) is 47.5 Å². The van der Waals surface area contributed by atoms with Crippen molar-refractivity contribution in [2.45, 2.75) is 6.42 Å². The lowest BCUT2D eigenvalue weighted by Crippen LogP contribution is -2.12. The predicted molar refractivity (Wildman–Crippen MR) is 65.7 cm³/mol. The molecule has 0 saturated carbocycles. The van der Waals surface area contributed by atoms with Gasteiger partial charge in [0, 0.05) is 17.7 Å². The molecule has 2 aromatic carbocycles. The number of phenolic OH excluding ortho intramolecular Hbond substituents is 2. The average Bonchev–Trinajstić information content (AvgIpc) is 2.29. The van der Waals surface area contributed by atoms with Gasteiger partial charge in [-0.25, -0.2) is 0 Å². The Morgan fingerprint density at radius 1 is 0.824 bits per heavy atom. The van der Waals surface area contributed by atoms with Crippen LogP contribution in [-0.4, -0.2) is 15.9 Å². The van der Waals surface area contributed by atoms with Crippen molar-refractivity contribution in [1.29, 1.82) is 5.41 Å². The van der Waals surface area contributed by atoms with E-state index in [4.69, 9.17) is 5.41 Å². The molecule has 84 valence electrons. The Morgan fingerprint density at radius 2 is 1.47 bits per heavy atom. The molecule has 0 heterocycles. The SMILES string of the molecule is N=C1Cc2cc(O)ccc2-c2ccc(O)cc21. The van der Waals surface area contributed by atoms with E-state index in [0.29, 0.717) is 12.1 Å². The van der Waals surface area contributed by atoms with Gasteiger partial charge < -0.3 is 15.6 Å². The average molecular weight is 225 g/mol. The maximum Gasteiger partial charge on any atom is 0.116 e.